The number of anilines is 1. The standard InChI is InChI=1S/C30H45N5O5/c1-19(2)5-10-25(36)30(40)35-18-26(37)27-24(35)11-14-34(27)29(39)23(17-20(3)4)32-28(38)21-6-8-22(9-7-21)33-15-12-31-13-16-33/h6-9,19-20,23-25,27,31,36H,5,10-18H2,1-4H3,(H,32,38). The Morgan fingerprint density at radius 1 is 0.950 bits per heavy atom. The minimum atomic E-state index is -1.15. The van der Waals surface area contributed by atoms with Gasteiger partial charge in [-0.1, -0.05) is 27.7 Å². The molecule has 1 aromatic rings. The molecule has 10 heteroatoms. The van der Waals surface area contributed by atoms with Gasteiger partial charge in [0, 0.05) is 44.0 Å². The number of likely N-dealkylation sites (tertiary alicyclic amines) is 2. The Morgan fingerprint density at radius 2 is 1.62 bits per heavy atom. The first-order valence-corrected chi connectivity index (χ1v) is 14.7. The van der Waals surface area contributed by atoms with Crippen molar-refractivity contribution in [2.75, 3.05) is 44.2 Å². The van der Waals surface area contributed by atoms with Gasteiger partial charge < -0.3 is 30.4 Å². The van der Waals surface area contributed by atoms with Gasteiger partial charge in [0.05, 0.1) is 12.6 Å². The Hall–Kier alpha value is -2.98. The Labute approximate surface area is 237 Å². The fourth-order valence-electron chi connectivity index (χ4n) is 6.05. The average Bonchev–Trinajstić information content (AvgIpc) is 3.52. The third-order valence-corrected chi connectivity index (χ3v) is 8.21. The van der Waals surface area contributed by atoms with E-state index in [-0.39, 0.29) is 30.1 Å². The number of nitrogens with one attached hydrogen (secondary N) is 2. The smallest absolute Gasteiger partial charge is 0.252 e. The van der Waals surface area contributed by atoms with E-state index in [2.05, 4.69) is 15.5 Å². The van der Waals surface area contributed by atoms with Crippen molar-refractivity contribution in [1.29, 1.82) is 0 Å². The first-order chi connectivity index (χ1) is 19.1. The summed E-state index contributed by atoms with van der Waals surface area (Å²) in [7, 11) is 0. The second-order valence-electron chi connectivity index (χ2n) is 12.2. The topological polar surface area (TPSA) is 122 Å². The summed E-state index contributed by atoms with van der Waals surface area (Å²) in [6, 6.07) is 5.47. The number of fused-ring (bicyclic) bond motifs is 1. The lowest BCUT2D eigenvalue weighted by Crippen LogP contribution is -2.53. The molecule has 3 saturated heterocycles. The van der Waals surface area contributed by atoms with Crippen LogP contribution in [-0.2, 0) is 14.4 Å². The van der Waals surface area contributed by atoms with Crippen LogP contribution in [0.5, 0.6) is 0 Å². The molecule has 220 valence electrons. The number of rotatable bonds is 10. The average molecular weight is 556 g/mol. The number of hydrogen-bond acceptors (Lipinski definition) is 7. The summed E-state index contributed by atoms with van der Waals surface area (Å²) in [5.74, 6) is -0.769. The molecule has 4 unspecified atom stereocenters. The van der Waals surface area contributed by atoms with Gasteiger partial charge in [-0.05, 0) is 61.8 Å². The van der Waals surface area contributed by atoms with E-state index < -0.39 is 30.1 Å². The third kappa shape index (κ3) is 6.83. The second kappa shape index (κ2) is 13.1. The fourth-order valence-corrected chi connectivity index (χ4v) is 6.05. The van der Waals surface area contributed by atoms with Gasteiger partial charge in [0.15, 0.2) is 5.78 Å². The highest BCUT2D eigenvalue weighted by atomic mass is 16.3. The first kappa shape index (κ1) is 30.0. The summed E-state index contributed by atoms with van der Waals surface area (Å²) in [6.07, 6.45) is 0.815. The molecule has 0 aliphatic carbocycles. The molecule has 3 N–H and O–H groups in total. The Kier molecular flexibility index (Phi) is 9.84. The highest BCUT2D eigenvalue weighted by Gasteiger charge is 2.52. The van der Waals surface area contributed by atoms with Gasteiger partial charge in [-0.3, -0.25) is 19.2 Å². The van der Waals surface area contributed by atoms with E-state index >= 15 is 0 Å². The maximum absolute atomic E-state index is 13.8. The molecule has 0 spiro atoms. The Morgan fingerprint density at radius 3 is 2.25 bits per heavy atom. The lowest BCUT2D eigenvalue weighted by molar-refractivity contribution is -0.142. The van der Waals surface area contributed by atoms with Crippen molar-refractivity contribution in [2.24, 2.45) is 11.8 Å². The van der Waals surface area contributed by atoms with Crippen LogP contribution in [0.3, 0.4) is 0 Å². The van der Waals surface area contributed by atoms with E-state index in [1.54, 1.807) is 17.0 Å². The zero-order valence-electron chi connectivity index (χ0n) is 24.3. The molecule has 3 fully saturated rings. The summed E-state index contributed by atoms with van der Waals surface area (Å²) in [4.78, 5) is 58.3. The van der Waals surface area contributed by atoms with Crippen molar-refractivity contribution in [1.82, 2.24) is 20.4 Å². The highest BCUT2D eigenvalue weighted by Crippen LogP contribution is 2.31. The summed E-state index contributed by atoms with van der Waals surface area (Å²) in [5.41, 5.74) is 1.54. The molecule has 3 aliphatic heterocycles. The molecule has 40 heavy (non-hydrogen) atoms. The van der Waals surface area contributed by atoms with Crippen LogP contribution in [0.2, 0.25) is 0 Å². The SMILES string of the molecule is CC(C)CCC(O)C(=O)N1CC(=O)C2C1CCN2C(=O)C(CC(C)C)NC(=O)c1ccc(N2CCNCC2)cc1. The number of carbonyl (C=O) groups excluding carboxylic acids is 4. The van der Waals surface area contributed by atoms with E-state index in [4.69, 9.17) is 0 Å². The van der Waals surface area contributed by atoms with Crippen molar-refractivity contribution >= 4 is 29.2 Å². The van der Waals surface area contributed by atoms with Crippen molar-refractivity contribution < 1.29 is 24.3 Å². The van der Waals surface area contributed by atoms with Gasteiger partial charge >= 0.3 is 0 Å². The molecule has 0 bridgehead atoms. The third-order valence-electron chi connectivity index (χ3n) is 8.21. The Bertz CT molecular complexity index is 1070. The van der Waals surface area contributed by atoms with E-state index in [0.29, 0.717) is 43.7 Å². The number of Topliss-reactive ketones (excluding diaryl/α,β-unsaturated/α-hetero) is 1. The largest absolute Gasteiger partial charge is 0.383 e. The summed E-state index contributed by atoms with van der Waals surface area (Å²) < 4.78 is 0. The normalized spacial score (nSPS) is 22.6. The lowest BCUT2D eigenvalue weighted by atomic mass is 10.0. The quantitative estimate of drug-likeness (QED) is 0.399. The second-order valence-corrected chi connectivity index (χ2v) is 12.2. The van der Waals surface area contributed by atoms with Crippen LogP contribution >= 0.6 is 0 Å². The van der Waals surface area contributed by atoms with Gasteiger partial charge in [-0.25, -0.2) is 0 Å². The Balaban J connectivity index is 1.42. The maximum Gasteiger partial charge on any atom is 0.252 e. The predicted molar refractivity (Wildman–Crippen MR) is 153 cm³/mol. The molecular formula is C30H45N5O5. The van der Waals surface area contributed by atoms with Crippen molar-refractivity contribution in [2.45, 2.75) is 77.6 Å². The molecule has 0 radical (unpaired) electrons. The summed E-state index contributed by atoms with van der Waals surface area (Å²) in [5, 5.41) is 16.7. The number of aliphatic hydroxyl groups is 1. The van der Waals surface area contributed by atoms with Gasteiger partial charge in [0.1, 0.15) is 18.2 Å². The number of carbonyl (C=O) groups is 4. The molecule has 1 aromatic carbocycles. The number of amides is 3. The van der Waals surface area contributed by atoms with Crippen LogP contribution in [0.1, 0.15) is 63.7 Å². The van der Waals surface area contributed by atoms with Gasteiger partial charge in [0.25, 0.3) is 11.8 Å². The zero-order valence-corrected chi connectivity index (χ0v) is 24.3. The molecule has 4 atom stereocenters. The first-order valence-electron chi connectivity index (χ1n) is 14.7. The van der Waals surface area contributed by atoms with Crippen LogP contribution in [0.25, 0.3) is 0 Å². The van der Waals surface area contributed by atoms with Gasteiger partial charge in [-0.2, -0.15) is 0 Å². The van der Waals surface area contributed by atoms with Crippen LogP contribution < -0.4 is 15.5 Å². The summed E-state index contributed by atoms with van der Waals surface area (Å²) >= 11 is 0. The van der Waals surface area contributed by atoms with E-state index in [0.717, 1.165) is 31.9 Å². The molecule has 3 aliphatic rings. The minimum Gasteiger partial charge on any atom is -0.383 e. The molecule has 3 amide bonds. The monoisotopic (exact) mass is 555 g/mol. The van der Waals surface area contributed by atoms with E-state index in [9.17, 15) is 24.3 Å². The van der Waals surface area contributed by atoms with Crippen molar-refractivity contribution in [3.8, 4) is 0 Å². The van der Waals surface area contributed by atoms with Crippen molar-refractivity contribution in [3.05, 3.63) is 29.8 Å². The lowest BCUT2D eigenvalue weighted by Gasteiger charge is -2.30. The summed E-state index contributed by atoms with van der Waals surface area (Å²) in [6.45, 7) is 11.9. The van der Waals surface area contributed by atoms with Gasteiger partial charge in [0.2, 0.25) is 5.91 Å². The van der Waals surface area contributed by atoms with Crippen molar-refractivity contribution in [3.63, 3.8) is 0 Å². The van der Waals surface area contributed by atoms with Crippen LogP contribution in [0.15, 0.2) is 24.3 Å². The minimum absolute atomic E-state index is 0.0999. The fraction of sp³-hybridized carbons (Fsp3) is 0.667. The highest BCUT2D eigenvalue weighted by molar-refractivity contribution is 6.01. The molecule has 3 heterocycles. The number of aliphatic hydroxyl groups excluding tert-OH is 1. The van der Waals surface area contributed by atoms with Crippen LogP contribution in [0.4, 0.5) is 5.69 Å². The van der Waals surface area contributed by atoms with Crippen LogP contribution in [0, 0.1) is 11.8 Å². The number of benzene rings is 1. The molecule has 0 aromatic heterocycles. The number of hydrogen-bond donors (Lipinski definition) is 3. The maximum atomic E-state index is 13.8. The van der Waals surface area contributed by atoms with Gasteiger partial charge in [-0.15, -0.1) is 0 Å². The van der Waals surface area contributed by atoms with Crippen LogP contribution in [-0.4, -0.2) is 102 Å². The van der Waals surface area contributed by atoms with E-state index in [1.807, 2.05) is 39.8 Å². The number of nitrogens with zero attached hydrogens (tertiary/aromatic N) is 3. The predicted octanol–water partition coefficient (Wildman–Crippen LogP) is 1.42. The van der Waals surface area contributed by atoms with E-state index in [1.165, 1.54) is 4.90 Å². The molecule has 10 nitrogen and oxygen atoms in total. The zero-order chi connectivity index (χ0) is 29.0. The number of piperazine rings is 1. The molecule has 0 saturated carbocycles. The molecular weight excluding hydrogens is 510 g/mol. The molecule has 4 rings (SSSR count). The number of ketones is 1.